The van der Waals surface area contributed by atoms with E-state index in [4.69, 9.17) is 4.74 Å². The quantitative estimate of drug-likeness (QED) is 0.478. The minimum atomic E-state index is -0.125. The number of methoxy groups -OCH3 is 1. The predicted molar refractivity (Wildman–Crippen MR) is 121 cm³/mol. The molecule has 0 unspecified atom stereocenters. The van der Waals surface area contributed by atoms with Crippen LogP contribution in [-0.4, -0.2) is 46.0 Å². The Balaban J connectivity index is 1.27. The molecule has 0 amide bonds. The first-order chi connectivity index (χ1) is 15.1. The van der Waals surface area contributed by atoms with Gasteiger partial charge in [0.15, 0.2) is 5.78 Å². The fourth-order valence-electron chi connectivity index (χ4n) is 3.98. The second-order valence-electron chi connectivity index (χ2n) is 7.86. The molecular weight excluding hydrogens is 412 g/mol. The number of ether oxygens (including phenoxy) is 1. The topological polar surface area (TPSA) is 85.3 Å². The molecular formula is C23H26N4O3S. The molecule has 2 aromatic heterocycles. The highest BCUT2D eigenvalue weighted by Gasteiger charge is 2.26. The number of carbonyl (C=O) groups is 2. The molecule has 2 aromatic rings. The van der Waals surface area contributed by atoms with E-state index in [1.807, 2.05) is 12.1 Å². The second-order valence-corrected chi connectivity index (χ2v) is 8.96. The van der Waals surface area contributed by atoms with Crippen molar-refractivity contribution in [2.75, 3.05) is 25.1 Å². The van der Waals surface area contributed by atoms with Crippen LogP contribution in [-0.2, 0) is 16.0 Å². The zero-order valence-electron chi connectivity index (χ0n) is 17.6. The van der Waals surface area contributed by atoms with Crippen LogP contribution in [0.15, 0.2) is 35.4 Å². The maximum Gasteiger partial charge on any atom is 0.225 e. The molecule has 0 atom stereocenters. The highest BCUT2D eigenvalue weighted by molar-refractivity contribution is 8.18. The Bertz CT molecular complexity index is 986. The molecule has 0 spiro atoms. The van der Waals surface area contributed by atoms with Gasteiger partial charge in [-0.3, -0.25) is 9.59 Å². The summed E-state index contributed by atoms with van der Waals surface area (Å²) in [6.45, 7) is 1.85. The Hall–Kier alpha value is -2.74. The average molecular weight is 439 g/mol. The zero-order chi connectivity index (χ0) is 21.6. The molecule has 0 aromatic carbocycles. The highest BCUT2D eigenvalue weighted by atomic mass is 32.2. The summed E-state index contributed by atoms with van der Waals surface area (Å²) in [7, 11) is 1.64. The van der Waals surface area contributed by atoms with Gasteiger partial charge >= 0.3 is 0 Å². The summed E-state index contributed by atoms with van der Waals surface area (Å²) >= 11 is 1.01. The molecule has 0 radical (unpaired) electrons. The van der Waals surface area contributed by atoms with Gasteiger partial charge in [0.25, 0.3) is 0 Å². The number of hydrogen-bond acceptors (Lipinski definition) is 8. The number of carbonyl (C=O) groups excluding carboxylic acids is 2. The normalized spacial score (nSPS) is 18.7. The first kappa shape index (κ1) is 21.5. The summed E-state index contributed by atoms with van der Waals surface area (Å²) in [5, 5.41) is -0.102. The van der Waals surface area contributed by atoms with Gasteiger partial charge in [-0.05, 0) is 68.0 Å². The lowest BCUT2D eigenvalue weighted by molar-refractivity contribution is -0.119. The number of pyridine rings is 1. The van der Waals surface area contributed by atoms with Gasteiger partial charge in [-0.25, -0.2) is 15.0 Å². The Morgan fingerprint density at radius 3 is 2.77 bits per heavy atom. The van der Waals surface area contributed by atoms with Crippen molar-refractivity contribution in [2.24, 2.45) is 5.92 Å². The summed E-state index contributed by atoms with van der Waals surface area (Å²) in [6, 6.07) is 7.68. The minimum absolute atomic E-state index is 0.0180. The fraction of sp³-hybridized carbons (Fsp3) is 0.435. The average Bonchev–Trinajstić information content (AvgIpc) is 3.11. The Morgan fingerprint density at radius 1 is 1.19 bits per heavy atom. The van der Waals surface area contributed by atoms with Crippen LogP contribution in [0.25, 0.3) is 6.08 Å². The van der Waals surface area contributed by atoms with Gasteiger partial charge in [0.05, 0.1) is 24.1 Å². The molecule has 31 heavy (non-hydrogen) atoms. The molecule has 4 rings (SSSR count). The summed E-state index contributed by atoms with van der Waals surface area (Å²) in [5.41, 5.74) is 1.75. The van der Waals surface area contributed by atoms with Crippen LogP contribution in [0.2, 0.25) is 0 Å². The number of nitrogens with zero attached hydrogens (tertiary/aromatic N) is 4. The van der Waals surface area contributed by atoms with Crippen molar-refractivity contribution in [3.05, 3.63) is 46.8 Å². The predicted octanol–water partition coefficient (Wildman–Crippen LogP) is 3.69. The van der Waals surface area contributed by atoms with Crippen LogP contribution in [0, 0.1) is 5.92 Å². The molecule has 2 aliphatic rings. The van der Waals surface area contributed by atoms with Crippen LogP contribution in [0.3, 0.4) is 0 Å². The van der Waals surface area contributed by atoms with E-state index in [2.05, 4.69) is 25.9 Å². The molecule has 0 saturated carbocycles. The Labute approximate surface area is 186 Å². The summed E-state index contributed by atoms with van der Waals surface area (Å²) < 4.78 is 5.20. The number of rotatable bonds is 7. The lowest BCUT2D eigenvalue weighted by Crippen LogP contribution is -2.35. The van der Waals surface area contributed by atoms with E-state index >= 15 is 0 Å². The molecule has 162 valence electrons. The van der Waals surface area contributed by atoms with Gasteiger partial charge < -0.3 is 9.64 Å². The number of aromatic nitrogens is 3. The van der Waals surface area contributed by atoms with Crippen LogP contribution in [0.4, 0.5) is 5.95 Å². The summed E-state index contributed by atoms with van der Waals surface area (Å²) in [6.07, 6.45) is 8.90. The number of ketones is 1. The van der Waals surface area contributed by atoms with Crippen molar-refractivity contribution in [1.82, 2.24) is 15.0 Å². The monoisotopic (exact) mass is 438 g/mol. The SMILES string of the molecule is COc1cccc(CCCC2CCN(c3nccc(/C=C4\SC(=O)CC4=O)n3)CC2)n1. The van der Waals surface area contributed by atoms with Crippen LogP contribution in [0.5, 0.6) is 5.88 Å². The van der Waals surface area contributed by atoms with Crippen LogP contribution >= 0.6 is 11.8 Å². The molecule has 7 nitrogen and oxygen atoms in total. The first-order valence-electron chi connectivity index (χ1n) is 10.6. The van der Waals surface area contributed by atoms with E-state index in [9.17, 15) is 9.59 Å². The lowest BCUT2D eigenvalue weighted by Gasteiger charge is -2.32. The molecule has 0 bridgehead atoms. The van der Waals surface area contributed by atoms with E-state index in [-0.39, 0.29) is 17.3 Å². The molecule has 2 fully saturated rings. The number of allylic oxidation sites excluding steroid dienone is 1. The van der Waals surface area contributed by atoms with Gasteiger partial charge in [0.1, 0.15) is 0 Å². The highest BCUT2D eigenvalue weighted by Crippen LogP contribution is 2.31. The number of piperidine rings is 1. The smallest absolute Gasteiger partial charge is 0.225 e. The molecule has 2 aliphatic heterocycles. The number of Topliss-reactive ketones (excluding diaryl/α,β-unsaturated/α-hetero) is 1. The van der Waals surface area contributed by atoms with E-state index in [0.29, 0.717) is 28.3 Å². The third-order valence-electron chi connectivity index (χ3n) is 5.68. The lowest BCUT2D eigenvalue weighted by atomic mass is 9.91. The van der Waals surface area contributed by atoms with Crippen molar-refractivity contribution >= 4 is 34.7 Å². The van der Waals surface area contributed by atoms with Crippen molar-refractivity contribution < 1.29 is 14.3 Å². The van der Waals surface area contributed by atoms with Crippen LogP contribution < -0.4 is 9.64 Å². The van der Waals surface area contributed by atoms with Gasteiger partial charge in [-0.1, -0.05) is 6.07 Å². The summed E-state index contributed by atoms with van der Waals surface area (Å²) in [5.74, 6) is 1.94. The maximum atomic E-state index is 11.8. The maximum absolute atomic E-state index is 11.8. The second kappa shape index (κ2) is 10.0. The van der Waals surface area contributed by atoms with Crippen molar-refractivity contribution in [2.45, 2.75) is 38.5 Å². The number of anilines is 1. The van der Waals surface area contributed by atoms with Gasteiger partial charge in [-0.2, -0.15) is 0 Å². The van der Waals surface area contributed by atoms with Crippen molar-refractivity contribution in [3.63, 3.8) is 0 Å². The Morgan fingerprint density at radius 2 is 2.03 bits per heavy atom. The number of hydrogen-bond donors (Lipinski definition) is 0. The zero-order valence-corrected chi connectivity index (χ0v) is 18.4. The fourth-order valence-corrected chi connectivity index (χ4v) is 4.79. The molecule has 0 aliphatic carbocycles. The van der Waals surface area contributed by atoms with Crippen molar-refractivity contribution in [3.8, 4) is 5.88 Å². The molecule has 0 N–H and O–H groups in total. The van der Waals surface area contributed by atoms with Gasteiger partial charge in [-0.15, -0.1) is 0 Å². The van der Waals surface area contributed by atoms with E-state index in [1.165, 1.54) is 6.42 Å². The Kier molecular flexibility index (Phi) is 6.96. The molecule has 4 heterocycles. The van der Waals surface area contributed by atoms with Gasteiger partial charge in [0.2, 0.25) is 16.9 Å². The standard InChI is InChI=1S/C23H26N4O3S/c1-30-21-7-3-6-17(25-21)5-2-4-16-9-12-27(13-10-16)23-24-11-8-18(26-23)14-20-19(28)15-22(29)31-20/h3,6-8,11,14,16H,2,4-5,9-10,12-13,15H2,1H3/b20-14-. The number of aryl methyl sites for hydroxylation is 1. The summed E-state index contributed by atoms with van der Waals surface area (Å²) in [4.78, 5) is 39.5. The van der Waals surface area contributed by atoms with E-state index in [0.717, 1.165) is 56.2 Å². The molecule has 2 saturated heterocycles. The van der Waals surface area contributed by atoms with E-state index in [1.54, 1.807) is 25.4 Å². The minimum Gasteiger partial charge on any atom is -0.481 e. The number of thioether (sulfide) groups is 1. The third-order valence-corrected chi connectivity index (χ3v) is 6.62. The third kappa shape index (κ3) is 5.70. The van der Waals surface area contributed by atoms with Gasteiger partial charge in [0, 0.05) is 31.0 Å². The van der Waals surface area contributed by atoms with Crippen molar-refractivity contribution in [1.29, 1.82) is 0 Å². The first-order valence-corrected chi connectivity index (χ1v) is 11.5. The van der Waals surface area contributed by atoms with E-state index < -0.39 is 0 Å². The molecule has 8 heteroatoms. The van der Waals surface area contributed by atoms with Crippen LogP contribution in [0.1, 0.15) is 43.5 Å². The largest absolute Gasteiger partial charge is 0.481 e.